The minimum atomic E-state index is -0.299. The molecule has 2 rings (SSSR count). The van der Waals surface area contributed by atoms with Gasteiger partial charge in [-0.15, -0.1) is 0 Å². The Morgan fingerprint density at radius 1 is 1.35 bits per heavy atom. The summed E-state index contributed by atoms with van der Waals surface area (Å²) < 4.78 is 0. The standard InChI is InChI=1S/C12H11ClN2O2/c1-7(16)6-14-12(17)11-5-8-4-9(13)2-3-10(8)15-11/h2-5,15H,6H2,1H3,(H,14,17). The summed E-state index contributed by atoms with van der Waals surface area (Å²) in [5.41, 5.74) is 1.26. The molecule has 0 radical (unpaired) electrons. The van der Waals surface area contributed by atoms with Crippen LogP contribution in [0.4, 0.5) is 0 Å². The molecule has 0 fully saturated rings. The SMILES string of the molecule is CC(=O)CNC(=O)c1cc2cc(Cl)ccc2[nH]1. The summed E-state index contributed by atoms with van der Waals surface area (Å²) in [4.78, 5) is 25.4. The molecule has 0 aliphatic rings. The number of aromatic amines is 1. The van der Waals surface area contributed by atoms with Gasteiger partial charge < -0.3 is 10.3 Å². The van der Waals surface area contributed by atoms with E-state index in [9.17, 15) is 9.59 Å². The summed E-state index contributed by atoms with van der Waals surface area (Å²) in [5.74, 6) is -0.384. The number of hydrogen-bond acceptors (Lipinski definition) is 2. The highest BCUT2D eigenvalue weighted by Gasteiger charge is 2.09. The average molecular weight is 251 g/mol. The monoisotopic (exact) mass is 250 g/mol. The molecule has 0 aliphatic carbocycles. The molecule has 4 nitrogen and oxygen atoms in total. The third-order valence-corrected chi connectivity index (χ3v) is 2.56. The van der Waals surface area contributed by atoms with Gasteiger partial charge in [0.25, 0.3) is 5.91 Å². The van der Waals surface area contributed by atoms with Gasteiger partial charge in [-0.25, -0.2) is 0 Å². The summed E-state index contributed by atoms with van der Waals surface area (Å²) in [6.07, 6.45) is 0. The number of ketones is 1. The Balaban J connectivity index is 2.24. The molecule has 1 heterocycles. The zero-order valence-corrected chi connectivity index (χ0v) is 9.97. The van der Waals surface area contributed by atoms with Crippen molar-refractivity contribution < 1.29 is 9.59 Å². The van der Waals surface area contributed by atoms with Crippen molar-refractivity contribution in [3.05, 3.63) is 35.0 Å². The molecular weight excluding hydrogens is 240 g/mol. The number of benzene rings is 1. The van der Waals surface area contributed by atoms with E-state index in [2.05, 4.69) is 10.3 Å². The van der Waals surface area contributed by atoms with Crippen LogP contribution < -0.4 is 5.32 Å². The van der Waals surface area contributed by atoms with Gasteiger partial charge in [0, 0.05) is 15.9 Å². The van der Waals surface area contributed by atoms with Crippen LogP contribution >= 0.6 is 11.6 Å². The van der Waals surface area contributed by atoms with Crippen LogP contribution in [-0.2, 0) is 4.79 Å². The maximum atomic E-state index is 11.7. The Morgan fingerprint density at radius 2 is 2.12 bits per heavy atom. The van der Waals surface area contributed by atoms with E-state index in [1.54, 1.807) is 24.3 Å². The second-order valence-corrected chi connectivity index (χ2v) is 4.24. The van der Waals surface area contributed by atoms with Gasteiger partial charge in [0.05, 0.1) is 6.54 Å². The number of Topliss-reactive ketones (excluding diaryl/α,β-unsaturated/α-hetero) is 1. The minimum Gasteiger partial charge on any atom is -0.351 e. The first-order valence-electron chi connectivity index (χ1n) is 5.12. The molecule has 88 valence electrons. The van der Waals surface area contributed by atoms with E-state index in [1.165, 1.54) is 6.92 Å². The summed E-state index contributed by atoms with van der Waals surface area (Å²) in [6.45, 7) is 1.46. The fraction of sp³-hybridized carbons (Fsp3) is 0.167. The molecule has 0 bridgehead atoms. The first kappa shape index (κ1) is 11.7. The normalized spacial score (nSPS) is 10.5. The van der Waals surface area contributed by atoms with Gasteiger partial charge in [0.1, 0.15) is 11.5 Å². The quantitative estimate of drug-likeness (QED) is 0.877. The smallest absolute Gasteiger partial charge is 0.268 e. The van der Waals surface area contributed by atoms with E-state index in [1.807, 2.05) is 0 Å². The Hall–Kier alpha value is -1.81. The van der Waals surface area contributed by atoms with Gasteiger partial charge in [-0.2, -0.15) is 0 Å². The van der Waals surface area contributed by atoms with Crippen molar-refractivity contribution in [2.45, 2.75) is 6.92 Å². The Labute approximate surface area is 103 Å². The van der Waals surface area contributed by atoms with Crippen LogP contribution in [0.3, 0.4) is 0 Å². The van der Waals surface area contributed by atoms with Crippen LogP contribution in [0, 0.1) is 0 Å². The lowest BCUT2D eigenvalue weighted by Crippen LogP contribution is -2.28. The molecule has 1 aromatic heterocycles. The van der Waals surface area contributed by atoms with Crippen molar-refractivity contribution in [1.82, 2.24) is 10.3 Å². The molecule has 17 heavy (non-hydrogen) atoms. The van der Waals surface area contributed by atoms with Crippen LogP contribution in [0.25, 0.3) is 10.9 Å². The molecule has 2 aromatic rings. The van der Waals surface area contributed by atoms with E-state index in [-0.39, 0.29) is 18.2 Å². The second kappa shape index (κ2) is 4.59. The van der Waals surface area contributed by atoms with Gasteiger partial charge in [-0.3, -0.25) is 9.59 Å². The zero-order chi connectivity index (χ0) is 12.4. The number of rotatable bonds is 3. The fourth-order valence-corrected chi connectivity index (χ4v) is 1.71. The van der Waals surface area contributed by atoms with Crippen molar-refractivity contribution in [2.24, 2.45) is 0 Å². The van der Waals surface area contributed by atoms with Crippen LogP contribution in [0.2, 0.25) is 5.02 Å². The molecule has 0 saturated carbocycles. The summed E-state index contributed by atoms with van der Waals surface area (Å²) in [5, 5.41) is 4.01. The molecule has 0 unspecified atom stereocenters. The molecule has 0 saturated heterocycles. The van der Waals surface area contributed by atoms with E-state index in [0.29, 0.717) is 10.7 Å². The van der Waals surface area contributed by atoms with Gasteiger partial charge in [0.15, 0.2) is 0 Å². The number of aromatic nitrogens is 1. The molecular formula is C12H11ClN2O2. The van der Waals surface area contributed by atoms with Gasteiger partial charge in [0.2, 0.25) is 0 Å². The Morgan fingerprint density at radius 3 is 2.82 bits per heavy atom. The Kier molecular flexibility index (Phi) is 3.15. The number of carbonyl (C=O) groups is 2. The lowest BCUT2D eigenvalue weighted by atomic mass is 10.2. The Bertz CT molecular complexity index is 589. The maximum Gasteiger partial charge on any atom is 0.268 e. The molecule has 0 atom stereocenters. The number of halogens is 1. The third kappa shape index (κ3) is 2.65. The summed E-state index contributed by atoms with van der Waals surface area (Å²) in [7, 11) is 0. The molecule has 0 aliphatic heterocycles. The van der Waals surface area contributed by atoms with Gasteiger partial charge in [-0.05, 0) is 31.2 Å². The number of fused-ring (bicyclic) bond motifs is 1. The first-order chi connectivity index (χ1) is 8.06. The minimum absolute atomic E-state index is 0.0367. The zero-order valence-electron chi connectivity index (χ0n) is 9.21. The van der Waals surface area contributed by atoms with Gasteiger partial charge in [-0.1, -0.05) is 11.6 Å². The summed E-state index contributed by atoms with van der Waals surface area (Å²) >= 11 is 5.85. The molecule has 1 amide bonds. The number of carbonyl (C=O) groups excluding carboxylic acids is 2. The summed E-state index contributed by atoms with van der Waals surface area (Å²) in [6, 6.07) is 7.03. The lowest BCUT2D eigenvalue weighted by Gasteiger charge is -1.99. The van der Waals surface area contributed by atoms with Crippen LogP contribution in [0.1, 0.15) is 17.4 Å². The van der Waals surface area contributed by atoms with Gasteiger partial charge >= 0.3 is 0 Å². The highest BCUT2D eigenvalue weighted by atomic mass is 35.5. The van der Waals surface area contributed by atoms with Crippen LogP contribution in [0.5, 0.6) is 0 Å². The van der Waals surface area contributed by atoms with Crippen molar-refractivity contribution >= 4 is 34.2 Å². The highest BCUT2D eigenvalue weighted by molar-refractivity contribution is 6.31. The van der Waals surface area contributed by atoms with Crippen molar-refractivity contribution in [2.75, 3.05) is 6.54 Å². The first-order valence-corrected chi connectivity index (χ1v) is 5.50. The van der Waals surface area contributed by atoms with Crippen LogP contribution in [-0.4, -0.2) is 23.2 Å². The number of hydrogen-bond donors (Lipinski definition) is 2. The van der Waals surface area contributed by atoms with E-state index >= 15 is 0 Å². The van der Waals surface area contributed by atoms with Crippen molar-refractivity contribution in [1.29, 1.82) is 0 Å². The molecule has 0 spiro atoms. The molecule has 1 aromatic carbocycles. The predicted octanol–water partition coefficient (Wildman–Crippen LogP) is 2.14. The number of H-pyrrole nitrogens is 1. The fourth-order valence-electron chi connectivity index (χ4n) is 1.53. The predicted molar refractivity (Wildman–Crippen MR) is 66.3 cm³/mol. The van der Waals surface area contributed by atoms with Crippen molar-refractivity contribution in [3.8, 4) is 0 Å². The lowest BCUT2D eigenvalue weighted by molar-refractivity contribution is -0.116. The number of amides is 1. The maximum absolute atomic E-state index is 11.7. The van der Waals surface area contributed by atoms with E-state index in [0.717, 1.165) is 10.9 Å². The van der Waals surface area contributed by atoms with Crippen LogP contribution in [0.15, 0.2) is 24.3 Å². The third-order valence-electron chi connectivity index (χ3n) is 2.33. The molecule has 2 N–H and O–H groups in total. The highest BCUT2D eigenvalue weighted by Crippen LogP contribution is 2.19. The average Bonchev–Trinajstić information content (AvgIpc) is 2.68. The van der Waals surface area contributed by atoms with Crippen molar-refractivity contribution in [3.63, 3.8) is 0 Å². The van der Waals surface area contributed by atoms with E-state index < -0.39 is 0 Å². The second-order valence-electron chi connectivity index (χ2n) is 3.80. The topological polar surface area (TPSA) is 62.0 Å². The largest absolute Gasteiger partial charge is 0.351 e. The molecule has 5 heteroatoms. The van der Waals surface area contributed by atoms with E-state index in [4.69, 9.17) is 11.6 Å². The number of nitrogens with one attached hydrogen (secondary N) is 2.